The summed E-state index contributed by atoms with van der Waals surface area (Å²) in [6.45, 7) is 12.2. The molecule has 0 saturated carbocycles. The molecule has 0 unspecified atom stereocenters. The van der Waals surface area contributed by atoms with Crippen molar-refractivity contribution in [3.8, 4) is 0 Å². The molecule has 0 aromatic carbocycles. The lowest BCUT2D eigenvalue weighted by molar-refractivity contribution is 0.0939. The quantitative estimate of drug-likeness (QED) is 0.752. The highest BCUT2D eigenvalue weighted by Gasteiger charge is 2.18. The molecule has 3 N–H and O–H groups in total. The minimum absolute atomic E-state index is 0.141. The summed E-state index contributed by atoms with van der Waals surface area (Å²) in [6, 6.07) is 0. The van der Waals surface area contributed by atoms with E-state index in [0.29, 0.717) is 30.2 Å². The van der Waals surface area contributed by atoms with E-state index in [1.807, 2.05) is 13.8 Å². The van der Waals surface area contributed by atoms with Crippen molar-refractivity contribution in [2.45, 2.75) is 40.7 Å². The molecule has 20 heavy (non-hydrogen) atoms. The van der Waals surface area contributed by atoms with Crippen molar-refractivity contribution in [2.24, 2.45) is 0 Å². The highest BCUT2D eigenvalue weighted by Crippen LogP contribution is 2.15. The number of hydrogen-bond donors (Lipinski definition) is 2. The van der Waals surface area contributed by atoms with Crippen LogP contribution in [0.5, 0.6) is 0 Å². The topological polar surface area (TPSA) is 76.2 Å². The molecule has 0 radical (unpaired) electrons. The number of nitrogens with one attached hydrogen (secondary N) is 1. The minimum atomic E-state index is -0.141. The van der Waals surface area contributed by atoms with Gasteiger partial charge >= 0.3 is 0 Å². The molecule has 0 spiro atoms. The van der Waals surface area contributed by atoms with Crippen LogP contribution in [-0.4, -0.2) is 46.8 Å². The van der Waals surface area contributed by atoms with Crippen molar-refractivity contribution in [3.63, 3.8) is 0 Å². The van der Waals surface area contributed by atoms with E-state index in [4.69, 9.17) is 5.73 Å². The van der Waals surface area contributed by atoms with Crippen LogP contribution in [0.1, 0.15) is 43.4 Å². The molecule has 0 aliphatic heterocycles. The predicted octanol–water partition coefficient (Wildman–Crippen LogP) is 1.26. The van der Waals surface area contributed by atoms with Crippen LogP contribution < -0.4 is 11.1 Å². The van der Waals surface area contributed by atoms with Gasteiger partial charge in [-0.1, -0.05) is 13.8 Å². The van der Waals surface area contributed by atoms with Crippen LogP contribution in [0.4, 0.5) is 5.69 Å². The third-order valence-corrected chi connectivity index (χ3v) is 3.39. The average Bonchev–Trinajstić information content (AvgIpc) is 2.73. The number of anilines is 1. The highest BCUT2D eigenvalue weighted by atomic mass is 16.2. The first-order valence-electron chi connectivity index (χ1n) is 7.38. The highest BCUT2D eigenvalue weighted by molar-refractivity contribution is 5.97. The fourth-order valence-electron chi connectivity index (χ4n) is 2.22. The van der Waals surface area contributed by atoms with Gasteiger partial charge in [0.1, 0.15) is 5.69 Å². The number of nitrogens with two attached hydrogens (primary N) is 1. The smallest absolute Gasteiger partial charge is 0.271 e. The molecular formula is C14H27N5O. The zero-order valence-electron chi connectivity index (χ0n) is 13.1. The molecule has 0 fully saturated rings. The number of aromatic nitrogens is 2. The van der Waals surface area contributed by atoms with E-state index in [2.05, 4.69) is 29.2 Å². The van der Waals surface area contributed by atoms with E-state index in [9.17, 15) is 4.79 Å². The molecule has 6 nitrogen and oxygen atoms in total. The maximum atomic E-state index is 12.2. The van der Waals surface area contributed by atoms with Crippen LogP contribution >= 0.6 is 0 Å². The first kappa shape index (κ1) is 16.5. The zero-order chi connectivity index (χ0) is 15.1. The van der Waals surface area contributed by atoms with Crippen LogP contribution in [0, 0.1) is 6.92 Å². The zero-order valence-corrected chi connectivity index (χ0v) is 13.1. The Labute approximate surface area is 121 Å². The second kappa shape index (κ2) is 7.89. The van der Waals surface area contributed by atoms with Gasteiger partial charge in [0, 0.05) is 19.6 Å². The number of amides is 1. The Morgan fingerprint density at radius 2 is 2.05 bits per heavy atom. The Morgan fingerprint density at radius 3 is 2.60 bits per heavy atom. The van der Waals surface area contributed by atoms with Gasteiger partial charge in [0.05, 0.1) is 11.4 Å². The van der Waals surface area contributed by atoms with Crippen molar-refractivity contribution in [2.75, 3.05) is 31.9 Å². The lowest BCUT2D eigenvalue weighted by Gasteiger charge is -2.19. The second-order valence-electron chi connectivity index (χ2n) is 4.85. The number of nitrogen functional groups attached to an aromatic ring is 1. The summed E-state index contributed by atoms with van der Waals surface area (Å²) in [4.78, 5) is 14.5. The van der Waals surface area contributed by atoms with Gasteiger partial charge < -0.3 is 16.0 Å². The molecular weight excluding hydrogens is 254 g/mol. The summed E-state index contributed by atoms with van der Waals surface area (Å²) in [7, 11) is 0. The molecule has 1 aromatic heterocycles. The minimum Gasteiger partial charge on any atom is -0.395 e. The fourth-order valence-corrected chi connectivity index (χ4v) is 2.22. The van der Waals surface area contributed by atoms with Gasteiger partial charge in [0.2, 0.25) is 0 Å². The Kier molecular flexibility index (Phi) is 6.51. The monoisotopic (exact) mass is 281 g/mol. The van der Waals surface area contributed by atoms with Crippen molar-refractivity contribution in [1.29, 1.82) is 0 Å². The molecule has 0 aliphatic rings. The van der Waals surface area contributed by atoms with Gasteiger partial charge in [0.15, 0.2) is 0 Å². The number of likely N-dealkylation sites (N-methyl/N-ethyl adjacent to an activating group) is 1. The summed E-state index contributed by atoms with van der Waals surface area (Å²) >= 11 is 0. The standard InChI is InChI=1S/C14H27N5O/c1-5-9-18(6-2)10-8-16-14(20)13-12(15)11(4)17-19(13)7-3/h5-10,15H2,1-4H3,(H,16,20). The van der Waals surface area contributed by atoms with Crippen molar-refractivity contribution < 1.29 is 4.79 Å². The molecule has 114 valence electrons. The van der Waals surface area contributed by atoms with Gasteiger partial charge in [0.25, 0.3) is 5.91 Å². The average molecular weight is 281 g/mol. The van der Waals surface area contributed by atoms with Crippen LogP contribution in [0.2, 0.25) is 0 Å². The number of hydrogen-bond acceptors (Lipinski definition) is 4. The molecule has 0 aliphatic carbocycles. The van der Waals surface area contributed by atoms with Gasteiger partial charge in [-0.05, 0) is 33.4 Å². The van der Waals surface area contributed by atoms with Crippen molar-refractivity contribution in [1.82, 2.24) is 20.0 Å². The molecule has 0 atom stereocenters. The van der Waals surface area contributed by atoms with Crippen molar-refractivity contribution >= 4 is 11.6 Å². The van der Waals surface area contributed by atoms with E-state index < -0.39 is 0 Å². The Hall–Kier alpha value is -1.56. The third-order valence-electron chi connectivity index (χ3n) is 3.39. The Balaban J connectivity index is 2.59. The lowest BCUT2D eigenvalue weighted by atomic mass is 10.3. The molecule has 1 amide bonds. The number of nitrogens with zero attached hydrogens (tertiary/aromatic N) is 3. The Morgan fingerprint density at radius 1 is 1.35 bits per heavy atom. The second-order valence-corrected chi connectivity index (χ2v) is 4.85. The van der Waals surface area contributed by atoms with Gasteiger partial charge in [-0.25, -0.2) is 0 Å². The molecule has 1 heterocycles. The van der Waals surface area contributed by atoms with E-state index in [0.717, 1.165) is 26.1 Å². The van der Waals surface area contributed by atoms with E-state index in [1.54, 1.807) is 4.68 Å². The number of carbonyl (C=O) groups excluding carboxylic acids is 1. The van der Waals surface area contributed by atoms with Crippen molar-refractivity contribution in [3.05, 3.63) is 11.4 Å². The van der Waals surface area contributed by atoms with E-state index >= 15 is 0 Å². The predicted molar refractivity (Wildman–Crippen MR) is 81.8 cm³/mol. The Bertz CT molecular complexity index is 441. The van der Waals surface area contributed by atoms with Gasteiger partial charge in [-0.15, -0.1) is 0 Å². The SMILES string of the molecule is CCCN(CC)CCNC(=O)c1c(N)c(C)nn1CC. The summed E-state index contributed by atoms with van der Waals surface area (Å²) in [5, 5.41) is 7.19. The third kappa shape index (κ3) is 3.96. The molecule has 1 rings (SSSR count). The van der Waals surface area contributed by atoms with Crippen LogP contribution in [-0.2, 0) is 6.54 Å². The first-order valence-corrected chi connectivity index (χ1v) is 7.38. The number of rotatable bonds is 8. The fraction of sp³-hybridized carbons (Fsp3) is 0.714. The lowest BCUT2D eigenvalue weighted by Crippen LogP contribution is -2.36. The maximum absolute atomic E-state index is 12.2. The van der Waals surface area contributed by atoms with Crippen LogP contribution in [0.15, 0.2) is 0 Å². The van der Waals surface area contributed by atoms with Gasteiger partial charge in [-0.3, -0.25) is 9.48 Å². The largest absolute Gasteiger partial charge is 0.395 e. The molecule has 0 bridgehead atoms. The van der Waals surface area contributed by atoms with Crippen LogP contribution in [0.25, 0.3) is 0 Å². The summed E-state index contributed by atoms with van der Waals surface area (Å²) in [5.74, 6) is -0.141. The molecule has 1 aromatic rings. The molecule has 6 heteroatoms. The summed E-state index contributed by atoms with van der Waals surface area (Å²) in [6.07, 6.45) is 1.12. The normalized spacial score (nSPS) is 11.1. The number of carbonyl (C=O) groups is 1. The van der Waals surface area contributed by atoms with Gasteiger partial charge in [-0.2, -0.15) is 5.10 Å². The molecule has 0 saturated heterocycles. The maximum Gasteiger partial charge on any atom is 0.271 e. The van der Waals surface area contributed by atoms with E-state index in [-0.39, 0.29) is 5.91 Å². The first-order chi connectivity index (χ1) is 9.54. The summed E-state index contributed by atoms with van der Waals surface area (Å²) in [5.41, 5.74) is 7.59. The summed E-state index contributed by atoms with van der Waals surface area (Å²) < 4.78 is 1.66. The number of aryl methyl sites for hydroxylation is 2. The van der Waals surface area contributed by atoms with Crippen LogP contribution in [0.3, 0.4) is 0 Å². The van der Waals surface area contributed by atoms with E-state index in [1.165, 1.54) is 0 Å².